The Bertz CT molecular complexity index is 838. The number of hydrogen-bond donors (Lipinski definition) is 0. The maximum Gasteiger partial charge on any atom is 0.282 e. The molecule has 0 radical (unpaired) electrons. The monoisotopic (exact) mass is 377 g/mol. The molecule has 0 atom stereocenters. The van der Waals surface area contributed by atoms with Gasteiger partial charge in [0, 0.05) is 43.8 Å². The van der Waals surface area contributed by atoms with Crippen LogP contribution in [-0.2, 0) is 6.54 Å². The minimum absolute atomic E-state index is 0.104. The van der Waals surface area contributed by atoms with Crippen molar-refractivity contribution in [2.24, 2.45) is 0 Å². The van der Waals surface area contributed by atoms with Gasteiger partial charge in [-0.05, 0) is 23.8 Å². The molecule has 0 aromatic heterocycles. The van der Waals surface area contributed by atoms with Crippen molar-refractivity contribution >= 4 is 23.2 Å². The van der Waals surface area contributed by atoms with E-state index in [-0.39, 0.29) is 23.0 Å². The molecule has 0 saturated carbocycles. The van der Waals surface area contributed by atoms with E-state index >= 15 is 0 Å². The maximum absolute atomic E-state index is 13.1. The van der Waals surface area contributed by atoms with Gasteiger partial charge < -0.3 is 4.90 Å². The van der Waals surface area contributed by atoms with Crippen LogP contribution in [0.15, 0.2) is 42.5 Å². The van der Waals surface area contributed by atoms with Gasteiger partial charge in [-0.1, -0.05) is 29.8 Å². The summed E-state index contributed by atoms with van der Waals surface area (Å²) in [5.41, 5.74) is 0.747. The number of nitro groups is 1. The molecule has 1 aliphatic rings. The normalized spacial score (nSPS) is 15.1. The maximum atomic E-state index is 13.1. The molecule has 1 fully saturated rings. The second kappa shape index (κ2) is 7.80. The summed E-state index contributed by atoms with van der Waals surface area (Å²) in [5.74, 6) is -0.713. The lowest BCUT2D eigenvalue weighted by atomic mass is 10.1. The SMILES string of the molecule is O=C(c1ccccc1[N+](=O)[O-])N1CCN(Cc2ccc(F)cc2Cl)CC1. The lowest BCUT2D eigenvalue weighted by Gasteiger charge is -2.34. The molecule has 8 heteroatoms. The summed E-state index contributed by atoms with van der Waals surface area (Å²) in [6.07, 6.45) is 0. The van der Waals surface area contributed by atoms with Crippen LogP contribution >= 0.6 is 11.6 Å². The number of halogens is 2. The fourth-order valence-corrected chi connectivity index (χ4v) is 3.21. The summed E-state index contributed by atoms with van der Waals surface area (Å²) < 4.78 is 13.1. The van der Waals surface area contributed by atoms with E-state index in [1.54, 1.807) is 23.1 Å². The van der Waals surface area contributed by atoms with Crippen molar-refractivity contribution in [2.45, 2.75) is 6.54 Å². The molecular formula is C18H17ClFN3O3. The van der Waals surface area contributed by atoms with Gasteiger partial charge in [-0.15, -0.1) is 0 Å². The molecule has 0 N–H and O–H groups in total. The largest absolute Gasteiger partial charge is 0.336 e. The summed E-state index contributed by atoms with van der Waals surface area (Å²) >= 11 is 6.06. The number of hydrogen-bond acceptors (Lipinski definition) is 4. The first-order valence-corrected chi connectivity index (χ1v) is 8.52. The summed E-state index contributed by atoms with van der Waals surface area (Å²) in [5, 5.41) is 11.5. The molecule has 0 unspecified atom stereocenters. The number of benzene rings is 2. The van der Waals surface area contributed by atoms with Crippen LogP contribution in [0.2, 0.25) is 5.02 Å². The van der Waals surface area contributed by atoms with E-state index in [2.05, 4.69) is 4.90 Å². The molecule has 0 spiro atoms. The van der Waals surface area contributed by atoms with Gasteiger partial charge in [0.15, 0.2) is 0 Å². The van der Waals surface area contributed by atoms with Crippen molar-refractivity contribution in [1.82, 2.24) is 9.80 Å². The molecule has 1 heterocycles. The first kappa shape index (κ1) is 18.3. The van der Waals surface area contributed by atoms with Gasteiger partial charge in [0.2, 0.25) is 0 Å². The third-order valence-corrected chi connectivity index (χ3v) is 4.75. The van der Waals surface area contributed by atoms with Crippen LogP contribution in [0.4, 0.5) is 10.1 Å². The van der Waals surface area contributed by atoms with E-state index in [9.17, 15) is 19.3 Å². The fourth-order valence-electron chi connectivity index (χ4n) is 2.98. The van der Waals surface area contributed by atoms with Gasteiger partial charge in [0.05, 0.1) is 4.92 Å². The molecule has 2 aromatic rings. The molecule has 26 heavy (non-hydrogen) atoms. The summed E-state index contributed by atoms with van der Waals surface area (Å²) in [4.78, 5) is 26.9. The van der Waals surface area contributed by atoms with Gasteiger partial charge in [-0.25, -0.2) is 4.39 Å². The number of piperazine rings is 1. The van der Waals surface area contributed by atoms with Crippen molar-refractivity contribution < 1.29 is 14.1 Å². The summed E-state index contributed by atoms with van der Waals surface area (Å²) in [6, 6.07) is 10.3. The summed E-state index contributed by atoms with van der Waals surface area (Å²) in [7, 11) is 0. The topological polar surface area (TPSA) is 66.7 Å². The number of para-hydroxylation sites is 1. The van der Waals surface area contributed by atoms with Crippen LogP contribution in [0.25, 0.3) is 0 Å². The van der Waals surface area contributed by atoms with Crippen molar-refractivity contribution in [3.63, 3.8) is 0 Å². The molecule has 3 rings (SSSR count). The highest BCUT2D eigenvalue weighted by atomic mass is 35.5. The Morgan fingerprint density at radius 2 is 1.85 bits per heavy atom. The molecule has 1 amide bonds. The van der Waals surface area contributed by atoms with Crippen molar-refractivity contribution in [2.75, 3.05) is 26.2 Å². The highest BCUT2D eigenvalue weighted by Gasteiger charge is 2.27. The Hall–Kier alpha value is -2.51. The van der Waals surface area contributed by atoms with Crippen LogP contribution in [-0.4, -0.2) is 46.8 Å². The predicted molar refractivity (Wildman–Crippen MR) is 95.7 cm³/mol. The first-order valence-electron chi connectivity index (χ1n) is 8.14. The smallest absolute Gasteiger partial charge is 0.282 e. The molecule has 1 aliphatic heterocycles. The number of rotatable bonds is 4. The Balaban J connectivity index is 1.63. The zero-order valence-electron chi connectivity index (χ0n) is 13.9. The van der Waals surface area contributed by atoms with Gasteiger partial charge in [0.25, 0.3) is 11.6 Å². The molecule has 0 bridgehead atoms. The van der Waals surface area contributed by atoms with Crippen LogP contribution in [0.3, 0.4) is 0 Å². The van der Waals surface area contributed by atoms with E-state index < -0.39 is 4.92 Å². The third-order valence-electron chi connectivity index (χ3n) is 4.40. The molecule has 0 aliphatic carbocycles. The van der Waals surface area contributed by atoms with Gasteiger partial charge in [-0.3, -0.25) is 19.8 Å². The predicted octanol–water partition coefficient (Wildman–Crippen LogP) is 3.35. The number of nitrogens with zero attached hydrogens (tertiary/aromatic N) is 3. The highest BCUT2D eigenvalue weighted by molar-refractivity contribution is 6.31. The van der Waals surface area contributed by atoms with E-state index in [1.807, 2.05) is 0 Å². The van der Waals surface area contributed by atoms with Crippen LogP contribution in [0.1, 0.15) is 15.9 Å². The second-order valence-electron chi connectivity index (χ2n) is 6.08. The number of carbonyl (C=O) groups is 1. The number of carbonyl (C=O) groups excluding carboxylic acids is 1. The molecule has 6 nitrogen and oxygen atoms in total. The second-order valence-corrected chi connectivity index (χ2v) is 6.49. The van der Waals surface area contributed by atoms with E-state index in [1.165, 1.54) is 24.3 Å². The summed E-state index contributed by atoms with van der Waals surface area (Å²) in [6.45, 7) is 2.71. The van der Waals surface area contributed by atoms with Gasteiger partial charge in [-0.2, -0.15) is 0 Å². The Kier molecular flexibility index (Phi) is 5.49. The van der Waals surface area contributed by atoms with Gasteiger partial charge in [0.1, 0.15) is 11.4 Å². The average Bonchev–Trinajstić information content (AvgIpc) is 2.64. The van der Waals surface area contributed by atoms with E-state index in [0.717, 1.165) is 5.56 Å². The zero-order chi connectivity index (χ0) is 18.7. The van der Waals surface area contributed by atoms with Crippen LogP contribution in [0.5, 0.6) is 0 Å². The third kappa shape index (κ3) is 4.00. The van der Waals surface area contributed by atoms with Crippen molar-refractivity contribution in [3.8, 4) is 0 Å². The molecule has 1 saturated heterocycles. The lowest BCUT2D eigenvalue weighted by Crippen LogP contribution is -2.48. The minimum Gasteiger partial charge on any atom is -0.336 e. The van der Waals surface area contributed by atoms with Gasteiger partial charge >= 0.3 is 0 Å². The van der Waals surface area contributed by atoms with Crippen molar-refractivity contribution in [1.29, 1.82) is 0 Å². The highest BCUT2D eigenvalue weighted by Crippen LogP contribution is 2.22. The number of nitro benzene ring substituents is 1. The molecule has 2 aromatic carbocycles. The average molecular weight is 378 g/mol. The minimum atomic E-state index is -0.542. The van der Waals surface area contributed by atoms with Crippen molar-refractivity contribution in [3.05, 3.63) is 74.5 Å². The standard InChI is InChI=1S/C18H17ClFN3O3/c19-16-11-14(20)6-5-13(16)12-21-7-9-22(10-8-21)18(24)15-3-1-2-4-17(15)23(25)26/h1-6,11H,7-10,12H2. The Labute approximate surface area is 154 Å². The molecule has 136 valence electrons. The molecular weight excluding hydrogens is 361 g/mol. The Morgan fingerprint density at radius 3 is 2.50 bits per heavy atom. The van der Waals surface area contributed by atoms with Crippen LogP contribution in [0, 0.1) is 15.9 Å². The Morgan fingerprint density at radius 1 is 1.15 bits per heavy atom. The number of amides is 1. The zero-order valence-corrected chi connectivity index (χ0v) is 14.7. The lowest BCUT2D eigenvalue weighted by molar-refractivity contribution is -0.385. The fraction of sp³-hybridized carbons (Fsp3) is 0.278. The van der Waals surface area contributed by atoms with Crippen LogP contribution < -0.4 is 0 Å². The quantitative estimate of drug-likeness (QED) is 0.605. The van der Waals surface area contributed by atoms with E-state index in [0.29, 0.717) is 37.7 Å². The first-order chi connectivity index (χ1) is 12.5. The van der Waals surface area contributed by atoms with E-state index in [4.69, 9.17) is 11.6 Å².